The lowest BCUT2D eigenvalue weighted by molar-refractivity contribution is -0.117. The smallest absolute Gasteiger partial charge is 0.387 e. The molecule has 3 aromatic rings. The number of hydrogen-bond donors (Lipinski definition) is 1. The zero-order valence-electron chi connectivity index (χ0n) is 14.0. The lowest BCUT2D eigenvalue weighted by atomic mass is 10.1. The Morgan fingerprint density at radius 2 is 1.74 bits per heavy atom. The number of nitrogens with one attached hydrogen (secondary N) is 1. The molecule has 1 amide bonds. The van der Waals surface area contributed by atoms with Crippen molar-refractivity contribution < 1.29 is 18.3 Å². The summed E-state index contributed by atoms with van der Waals surface area (Å²) in [7, 11) is 0. The number of aromatic nitrogens is 2. The highest BCUT2D eigenvalue weighted by Crippen LogP contribution is 2.18. The highest BCUT2D eigenvalue weighted by atomic mass is 19.3. The third-order valence-electron chi connectivity index (χ3n) is 3.59. The minimum Gasteiger partial charge on any atom is -0.435 e. The molecule has 0 saturated carbocycles. The van der Waals surface area contributed by atoms with E-state index in [0.717, 1.165) is 10.2 Å². The van der Waals surface area contributed by atoms with Crippen LogP contribution in [0, 0.1) is 0 Å². The van der Waals surface area contributed by atoms with E-state index in [1.807, 2.05) is 30.3 Å². The largest absolute Gasteiger partial charge is 0.435 e. The molecule has 0 aliphatic rings. The fourth-order valence-electron chi connectivity index (χ4n) is 2.38. The molecule has 6 nitrogen and oxygen atoms in total. The topological polar surface area (TPSA) is 73.2 Å². The Morgan fingerprint density at radius 3 is 2.41 bits per heavy atom. The molecule has 8 heteroatoms. The summed E-state index contributed by atoms with van der Waals surface area (Å²) in [5.74, 6) is -0.492. The Bertz CT molecular complexity index is 973. The Morgan fingerprint density at radius 1 is 1.04 bits per heavy atom. The van der Waals surface area contributed by atoms with Crippen molar-refractivity contribution in [3.05, 3.63) is 77.1 Å². The summed E-state index contributed by atoms with van der Waals surface area (Å²) < 4.78 is 29.6. The quantitative estimate of drug-likeness (QED) is 0.722. The molecular weight excluding hydrogens is 356 g/mol. The van der Waals surface area contributed by atoms with Gasteiger partial charge in [0.1, 0.15) is 12.3 Å². The lowest BCUT2D eigenvalue weighted by Crippen LogP contribution is -2.29. The molecule has 2 aromatic carbocycles. The van der Waals surface area contributed by atoms with Crippen LogP contribution >= 0.6 is 0 Å². The van der Waals surface area contributed by atoms with Gasteiger partial charge in [-0.05, 0) is 30.3 Å². The molecule has 0 atom stereocenters. The highest BCUT2D eigenvalue weighted by Gasteiger charge is 2.09. The first kappa shape index (κ1) is 18.2. The summed E-state index contributed by atoms with van der Waals surface area (Å²) in [6.45, 7) is -3.20. The molecular formula is C19H15F2N3O3. The molecule has 0 aliphatic heterocycles. The fraction of sp³-hybridized carbons (Fsp3) is 0.105. The van der Waals surface area contributed by atoms with Crippen LogP contribution in [0.4, 0.5) is 14.5 Å². The Balaban J connectivity index is 1.70. The normalized spacial score (nSPS) is 10.6. The molecule has 1 heterocycles. The minimum atomic E-state index is -2.92. The van der Waals surface area contributed by atoms with Crippen LogP contribution in [0.3, 0.4) is 0 Å². The van der Waals surface area contributed by atoms with Crippen LogP contribution in [0.5, 0.6) is 5.75 Å². The Hall–Kier alpha value is -3.55. The molecule has 0 fully saturated rings. The van der Waals surface area contributed by atoms with E-state index in [1.165, 1.54) is 30.3 Å². The number of benzene rings is 2. The average molecular weight is 371 g/mol. The SMILES string of the molecule is O=C(Cn1nc(-c2ccccc2)ccc1=O)Nc1ccc(OC(F)F)cc1. The predicted octanol–water partition coefficient (Wildman–Crippen LogP) is 3.15. The molecule has 138 valence electrons. The fourth-order valence-corrected chi connectivity index (χ4v) is 2.38. The highest BCUT2D eigenvalue weighted by molar-refractivity contribution is 5.90. The van der Waals surface area contributed by atoms with Gasteiger partial charge in [-0.25, -0.2) is 4.68 Å². The third-order valence-corrected chi connectivity index (χ3v) is 3.59. The van der Waals surface area contributed by atoms with Crippen LogP contribution < -0.4 is 15.6 Å². The van der Waals surface area contributed by atoms with Gasteiger partial charge in [0, 0.05) is 17.3 Å². The number of halogens is 2. The van der Waals surface area contributed by atoms with Gasteiger partial charge in [0.25, 0.3) is 5.56 Å². The summed E-state index contributed by atoms with van der Waals surface area (Å²) in [5, 5.41) is 6.79. The van der Waals surface area contributed by atoms with Crippen molar-refractivity contribution in [2.75, 3.05) is 5.32 Å². The molecule has 0 radical (unpaired) electrons. The van der Waals surface area contributed by atoms with Gasteiger partial charge in [0.05, 0.1) is 5.69 Å². The molecule has 0 bridgehead atoms. The molecule has 1 aromatic heterocycles. The Labute approximate surface area is 153 Å². The van der Waals surface area contributed by atoms with Gasteiger partial charge in [-0.15, -0.1) is 0 Å². The van der Waals surface area contributed by atoms with Crippen LogP contribution in [0.2, 0.25) is 0 Å². The molecule has 0 spiro atoms. The van der Waals surface area contributed by atoms with Crippen LogP contribution in [-0.2, 0) is 11.3 Å². The second kappa shape index (κ2) is 8.22. The van der Waals surface area contributed by atoms with Crippen LogP contribution in [0.25, 0.3) is 11.3 Å². The van der Waals surface area contributed by atoms with Gasteiger partial charge in [0.15, 0.2) is 0 Å². The molecule has 0 unspecified atom stereocenters. The summed E-state index contributed by atoms with van der Waals surface area (Å²) in [5.41, 5.74) is 1.36. The van der Waals surface area contributed by atoms with Crippen LogP contribution in [0.15, 0.2) is 71.5 Å². The number of nitrogens with zero attached hydrogens (tertiary/aromatic N) is 2. The van der Waals surface area contributed by atoms with Gasteiger partial charge >= 0.3 is 6.61 Å². The minimum absolute atomic E-state index is 0.0172. The van der Waals surface area contributed by atoms with E-state index >= 15 is 0 Å². The number of ether oxygens (including phenoxy) is 1. The summed E-state index contributed by atoms with van der Waals surface area (Å²) >= 11 is 0. The number of amides is 1. The van der Waals surface area contributed by atoms with Gasteiger partial charge in [-0.1, -0.05) is 30.3 Å². The van der Waals surface area contributed by atoms with Crippen molar-refractivity contribution in [1.82, 2.24) is 9.78 Å². The second-order valence-corrected chi connectivity index (χ2v) is 5.53. The predicted molar refractivity (Wildman–Crippen MR) is 95.6 cm³/mol. The molecule has 27 heavy (non-hydrogen) atoms. The van der Waals surface area contributed by atoms with Crippen LogP contribution in [0.1, 0.15) is 0 Å². The van der Waals surface area contributed by atoms with Gasteiger partial charge in [0.2, 0.25) is 5.91 Å². The second-order valence-electron chi connectivity index (χ2n) is 5.53. The van der Waals surface area contributed by atoms with Crippen molar-refractivity contribution in [2.24, 2.45) is 0 Å². The van der Waals surface area contributed by atoms with Crippen LogP contribution in [-0.4, -0.2) is 22.3 Å². The zero-order chi connectivity index (χ0) is 19.2. The summed E-state index contributed by atoms with van der Waals surface area (Å²) in [6.07, 6.45) is 0. The van der Waals surface area contributed by atoms with E-state index in [4.69, 9.17) is 0 Å². The van der Waals surface area contributed by atoms with Crippen molar-refractivity contribution in [1.29, 1.82) is 0 Å². The number of hydrogen-bond acceptors (Lipinski definition) is 4. The van der Waals surface area contributed by atoms with Gasteiger partial charge in [-0.2, -0.15) is 13.9 Å². The first-order chi connectivity index (χ1) is 13.0. The maximum absolute atomic E-state index is 12.2. The summed E-state index contributed by atoms with van der Waals surface area (Å²) in [6, 6.07) is 17.7. The van der Waals surface area contributed by atoms with Crippen molar-refractivity contribution in [2.45, 2.75) is 13.2 Å². The monoisotopic (exact) mass is 371 g/mol. The van der Waals surface area contributed by atoms with E-state index in [9.17, 15) is 18.4 Å². The maximum Gasteiger partial charge on any atom is 0.387 e. The van der Waals surface area contributed by atoms with Gasteiger partial charge < -0.3 is 10.1 Å². The van der Waals surface area contributed by atoms with E-state index in [-0.39, 0.29) is 12.3 Å². The molecule has 0 saturated heterocycles. The molecule has 3 rings (SSSR count). The lowest BCUT2D eigenvalue weighted by Gasteiger charge is -2.09. The first-order valence-corrected chi connectivity index (χ1v) is 7.99. The van der Waals surface area contributed by atoms with Crippen molar-refractivity contribution in [3.8, 4) is 17.0 Å². The number of rotatable bonds is 6. The van der Waals surface area contributed by atoms with Crippen molar-refractivity contribution >= 4 is 11.6 Å². The summed E-state index contributed by atoms with van der Waals surface area (Å²) in [4.78, 5) is 24.2. The zero-order valence-corrected chi connectivity index (χ0v) is 14.0. The number of carbonyl (C=O) groups excluding carboxylic acids is 1. The van der Waals surface area contributed by atoms with E-state index in [2.05, 4.69) is 15.2 Å². The van der Waals surface area contributed by atoms with Gasteiger partial charge in [-0.3, -0.25) is 9.59 Å². The number of alkyl halides is 2. The third kappa shape index (κ3) is 4.97. The average Bonchev–Trinajstić information content (AvgIpc) is 2.65. The van der Waals surface area contributed by atoms with E-state index in [0.29, 0.717) is 11.4 Å². The Kier molecular flexibility index (Phi) is 5.55. The standard InChI is InChI=1S/C19H15F2N3O3/c20-19(21)27-15-8-6-14(7-9-15)22-17(25)12-24-18(26)11-10-16(23-24)13-4-2-1-3-5-13/h1-11,19H,12H2,(H,22,25). The number of carbonyl (C=O) groups is 1. The molecule has 0 aliphatic carbocycles. The number of anilines is 1. The van der Waals surface area contributed by atoms with Crippen molar-refractivity contribution in [3.63, 3.8) is 0 Å². The first-order valence-electron chi connectivity index (χ1n) is 7.99. The van der Waals surface area contributed by atoms with E-state index < -0.39 is 18.1 Å². The van der Waals surface area contributed by atoms with E-state index in [1.54, 1.807) is 6.07 Å². The maximum atomic E-state index is 12.2. The molecule has 1 N–H and O–H groups in total.